The van der Waals surface area contributed by atoms with E-state index in [0.717, 1.165) is 38.5 Å². The molecule has 0 aromatic heterocycles. The van der Waals surface area contributed by atoms with Crippen LogP contribution in [0.1, 0.15) is 521 Å². The van der Waals surface area contributed by atoms with Crippen LogP contribution in [0.2, 0.25) is 0 Å². The summed E-state index contributed by atoms with van der Waals surface area (Å²) in [6, 6.07) is 0. The largest absolute Gasteiger partial charge is 0.545 e. The van der Waals surface area contributed by atoms with Crippen molar-refractivity contribution < 1.29 is 42.9 Å². The van der Waals surface area contributed by atoms with Crippen molar-refractivity contribution in [2.24, 2.45) is 0 Å². The molecule has 0 aliphatic carbocycles. The summed E-state index contributed by atoms with van der Waals surface area (Å²) in [5.41, 5.74) is 0. The Labute approximate surface area is 638 Å². The van der Waals surface area contributed by atoms with Gasteiger partial charge in [0, 0.05) is 12.8 Å². The minimum absolute atomic E-state index is 0.154. The van der Waals surface area contributed by atoms with Crippen LogP contribution in [0, 0.1) is 0 Å². The number of likely N-dealkylation sites (N-methyl/N-ethyl adjacent to an activating group) is 1. The van der Waals surface area contributed by atoms with Crippen molar-refractivity contribution in [2.75, 3.05) is 47.5 Å². The van der Waals surface area contributed by atoms with E-state index in [-0.39, 0.29) is 32.2 Å². The molecule has 0 rings (SSSR count). The van der Waals surface area contributed by atoms with Gasteiger partial charge in [-0.25, -0.2) is 0 Å². The summed E-state index contributed by atoms with van der Waals surface area (Å²) in [5.74, 6) is -2.23. The number of rotatable bonds is 90. The smallest absolute Gasteiger partial charge is 0.306 e. The fourth-order valence-electron chi connectivity index (χ4n) is 15.0. The van der Waals surface area contributed by atoms with Gasteiger partial charge in [0.05, 0.1) is 40.3 Å². The fourth-order valence-corrected chi connectivity index (χ4v) is 15.0. The molecule has 0 aliphatic heterocycles. The Bertz CT molecular complexity index is 1630. The molecule has 0 amide bonds. The van der Waals surface area contributed by atoms with Gasteiger partial charge in [0.2, 0.25) is 0 Å². The van der Waals surface area contributed by atoms with Crippen molar-refractivity contribution in [1.82, 2.24) is 0 Å². The fraction of sp³-hybridized carbons (Fsp3) is 0.968. The zero-order chi connectivity index (χ0) is 73.9. The lowest BCUT2D eigenvalue weighted by Gasteiger charge is -2.26. The summed E-state index contributed by atoms with van der Waals surface area (Å²) in [4.78, 5) is 37.7. The van der Waals surface area contributed by atoms with Crippen LogP contribution in [0.5, 0.6) is 0 Å². The first-order chi connectivity index (χ1) is 50.1. The van der Waals surface area contributed by atoms with Crippen LogP contribution >= 0.6 is 0 Å². The highest BCUT2D eigenvalue weighted by Crippen LogP contribution is 2.22. The highest BCUT2D eigenvalue weighted by Gasteiger charge is 2.22. The first kappa shape index (κ1) is 100. The number of carbonyl (C=O) groups is 3. The lowest BCUT2D eigenvalue weighted by atomic mass is 10.0. The van der Waals surface area contributed by atoms with Crippen molar-refractivity contribution in [3.63, 3.8) is 0 Å². The second-order valence-electron chi connectivity index (χ2n) is 33.7. The second kappa shape index (κ2) is 84.9. The second-order valence-corrected chi connectivity index (χ2v) is 33.7. The van der Waals surface area contributed by atoms with Crippen LogP contribution in [0.15, 0.2) is 0 Å². The van der Waals surface area contributed by atoms with Crippen LogP contribution < -0.4 is 5.11 Å². The quantitative estimate of drug-likeness (QED) is 0.0256. The number of hydrogen-bond donors (Lipinski definition) is 0. The first-order valence-corrected chi connectivity index (χ1v) is 46.7. The Hall–Kier alpha value is -1.71. The molecule has 0 spiro atoms. The van der Waals surface area contributed by atoms with E-state index >= 15 is 0 Å². The first-order valence-electron chi connectivity index (χ1n) is 46.7. The molecule has 0 heterocycles. The number of hydrogen-bond acceptors (Lipinski definition) is 8. The van der Waals surface area contributed by atoms with E-state index < -0.39 is 24.3 Å². The van der Waals surface area contributed by atoms with E-state index in [1.165, 1.54) is 456 Å². The molecule has 102 heavy (non-hydrogen) atoms. The van der Waals surface area contributed by atoms with E-state index in [4.69, 9.17) is 18.9 Å². The van der Waals surface area contributed by atoms with Gasteiger partial charge in [-0.15, -0.1) is 0 Å². The summed E-state index contributed by atoms with van der Waals surface area (Å²) in [6.07, 6.45) is 105. The molecular formula is C93H183NO8. The summed E-state index contributed by atoms with van der Waals surface area (Å²) < 4.78 is 23.0. The number of carboxylic acid groups (broad SMARTS) is 1. The van der Waals surface area contributed by atoms with Gasteiger partial charge in [0.25, 0.3) is 0 Å². The number of esters is 2. The lowest BCUT2D eigenvalue weighted by molar-refractivity contribution is -0.870. The highest BCUT2D eigenvalue weighted by molar-refractivity contribution is 5.70. The number of carbonyl (C=O) groups excluding carboxylic acids is 3. The summed E-state index contributed by atoms with van der Waals surface area (Å²) in [6.45, 7) is 4.87. The molecule has 0 saturated carbocycles. The van der Waals surface area contributed by atoms with E-state index in [2.05, 4.69) is 13.8 Å². The van der Waals surface area contributed by atoms with E-state index in [1.54, 1.807) is 0 Å². The Kier molecular flexibility index (Phi) is 83.5. The van der Waals surface area contributed by atoms with Crippen LogP contribution in [0.25, 0.3) is 0 Å². The third-order valence-electron chi connectivity index (χ3n) is 22.1. The van der Waals surface area contributed by atoms with Gasteiger partial charge in [-0.05, 0) is 12.8 Å². The summed E-state index contributed by atoms with van der Waals surface area (Å²) in [7, 11) is 5.97. The Balaban J connectivity index is 3.85. The number of nitrogens with zero attached hydrogens (tertiary/aromatic N) is 1. The molecule has 0 saturated heterocycles. The third kappa shape index (κ3) is 85.5. The molecule has 0 N–H and O–H groups in total. The minimum Gasteiger partial charge on any atom is -0.545 e. The van der Waals surface area contributed by atoms with Crippen LogP contribution in [0.3, 0.4) is 0 Å². The van der Waals surface area contributed by atoms with Crippen LogP contribution in [0.4, 0.5) is 0 Å². The maximum absolute atomic E-state index is 13.0. The maximum Gasteiger partial charge on any atom is 0.306 e. The Morgan fingerprint density at radius 3 is 0.627 bits per heavy atom. The minimum atomic E-state index is -1.62. The molecule has 608 valence electrons. The van der Waals surface area contributed by atoms with Crippen molar-refractivity contribution in [2.45, 2.75) is 533 Å². The average molecular weight is 1440 g/mol. The van der Waals surface area contributed by atoms with Gasteiger partial charge in [0.1, 0.15) is 13.2 Å². The SMILES string of the molecule is CCCCCCCCCCCCCCCCCCCCCCCCCCCCCCCCCCCCCCCCCC(=O)OC(COC(=O)CCCCCCCCCCCCCCCCCCCCCCCCCCCCCCCCCCCCCCCC)COC(OCC[N+](C)(C)C)C(=O)[O-]. The molecule has 2 atom stereocenters. The van der Waals surface area contributed by atoms with Gasteiger partial charge in [-0.3, -0.25) is 9.59 Å². The standard InChI is InChI=1S/C93H183NO8/c1-6-8-10-12-14-16-18-20-22-24-26-28-30-32-34-36-38-40-42-44-46-48-50-52-54-56-58-60-62-64-66-68-70-72-74-76-78-80-82-84-91(96)102-89(88-101-93(92(97)98)99-86-85-94(3,4)5)87-100-90(95)83-81-79-77-75-73-71-69-67-65-63-61-59-57-55-53-51-49-47-45-43-41-39-37-35-33-31-29-27-25-23-21-19-17-15-13-11-9-7-2/h89,93H,6-88H2,1-5H3. The molecule has 0 aromatic rings. The molecule has 9 nitrogen and oxygen atoms in total. The lowest BCUT2D eigenvalue weighted by Crippen LogP contribution is -2.44. The van der Waals surface area contributed by atoms with E-state index in [9.17, 15) is 19.5 Å². The predicted octanol–water partition coefficient (Wildman–Crippen LogP) is 29.1. The Morgan fingerprint density at radius 2 is 0.441 bits per heavy atom. The molecule has 0 fully saturated rings. The van der Waals surface area contributed by atoms with Gasteiger partial charge in [-0.2, -0.15) is 0 Å². The predicted molar refractivity (Wildman–Crippen MR) is 441 cm³/mol. The Morgan fingerprint density at radius 1 is 0.255 bits per heavy atom. The average Bonchev–Trinajstić information content (AvgIpc) is 0.997. The van der Waals surface area contributed by atoms with Gasteiger partial charge < -0.3 is 33.3 Å². The van der Waals surface area contributed by atoms with Crippen LogP contribution in [-0.4, -0.2) is 82.3 Å². The van der Waals surface area contributed by atoms with Crippen molar-refractivity contribution in [1.29, 1.82) is 0 Å². The normalized spacial score (nSPS) is 12.4. The molecule has 0 bridgehead atoms. The molecule has 0 radical (unpaired) electrons. The highest BCUT2D eigenvalue weighted by atomic mass is 16.7. The zero-order valence-corrected chi connectivity index (χ0v) is 70.1. The molecule has 0 aromatic carbocycles. The number of unbranched alkanes of at least 4 members (excludes halogenated alkanes) is 75. The third-order valence-corrected chi connectivity index (χ3v) is 22.1. The van der Waals surface area contributed by atoms with Crippen molar-refractivity contribution in [3.8, 4) is 0 Å². The monoisotopic (exact) mass is 1440 g/mol. The number of carboxylic acids is 1. The molecule has 0 aliphatic rings. The molecule has 2 unspecified atom stereocenters. The number of ether oxygens (including phenoxy) is 4. The van der Waals surface area contributed by atoms with Gasteiger partial charge >= 0.3 is 11.9 Å². The number of quaternary nitrogens is 1. The van der Waals surface area contributed by atoms with E-state index in [0.29, 0.717) is 17.4 Å². The number of aliphatic carboxylic acids is 1. The van der Waals surface area contributed by atoms with Crippen molar-refractivity contribution in [3.05, 3.63) is 0 Å². The van der Waals surface area contributed by atoms with Crippen molar-refractivity contribution >= 4 is 17.9 Å². The zero-order valence-electron chi connectivity index (χ0n) is 70.1. The maximum atomic E-state index is 13.0. The summed E-state index contributed by atoms with van der Waals surface area (Å²) >= 11 is 0. The van der Waals surface area contributed by atoms with Gasteiger partial charge in [0.15, 0.2) is 12.4 Å². The van der Waals surface area contributed by atoms with Gasteiger partial charge in [-0.1, -0.05) is 495 Å². The summed E-state index contributed by atoms with van der Waals surface area (Å²) in [5, 5.41) is 11.9. The molecular weight excluding hydrogens is 1260 g/mol. The molecule has 9 heteroatoms. The topological polar surface area (TPSA) is 111 Å². The van der Waals surface area contributed by atoms with Crippen LogP contribution in [-0.2, 0) is 33.3 Å². The van der Waals surface area contributed by atoms with E-state index in [1.807, 2.05) is 21.1 Å².